The number of rotatable bonds is 5. The highest BCUT2D eigenvalue weighted by Gasteiger charge is 2.32. The third kappa shape index (κ3) is 5.41. The number of aryl methyl sites for hydroxylation is 1. The van der Waals surface area contributed by atoms with Gasteiger partial charge in [-0.05, 0) is 31.2 Å². The van der Waals surface area contributed by atoms with Crippen molar-refractivity contribution in [2.24, 2.45) is 0 Å². The molecular weight excluding hydrogens is 441 g/mol. The molecule has 0 atom stereocenters. The van der Waals surface area contributed by atoms with Crippen LogP contribution >= 0.6 is 0 Å². The number of carbonyl (C=O) groups excluding carboxylic acids is 2. The van der Waals surface area contributed by atoms with E-state index in [1.807, 2.05) is 0 Å². The maximum Gasteiger partial charge on any atom is 0.405 e. The van der Waals surface area contributed by atoms with Crippen LogP contribution in [0.25, 0.3) is 0 Å². The van der Waals surface area contributed by atoms with Crippen LogP contribution in [-0.2, 0) is 10.0 Å². The molecule has 2 amide bonds. The van der Waals surface area contributed by atoms with E-state index in [2.05, 4.69) is 5.16 Å². The third-order valence-electron chi connectivity index (χ3n) is 4.57. The molecular formula is C18H19F3N4O5S. The Morgan fingerprint density at radius 1 is 1.13 bits per heavy atom. The Morgan fingerprint density at radius 3 is 2.26 bits per heavy atom. The molecule has 0 radical (unpaired) electrons. The molecule has 3 rings (SSSR count). The van der Waals surface area contributed by atoms with E-state index in [4.69, 9.17) is 4.52 Å². The minimum absolute atomic E-state index is 0.0506. The average molecular weight is 460 g/mol. The molecule has 168 valence electrons. The first-order valence-corrected chi connectivity index (χ1v) is 10.6. The van der Waals surface area contributed by atoms with Gasteiger partial charge < -0.3 is 14.7 Å². The summed E-state index contributed by atoms with van der Waals surface area (Å²) >= 11 is 0. The highest BCUT2D eigenvalue weighted by molar-refractivity contribution is 7.89. The summed E-state index contributed by atoms with van der Waals surface area (Å²) in [5, 5.41) is 5.37. The van der Waals surface area contributed by atoms with Crippen LogP contribution in [0.2, 0.25) is 0 Å². The number of sulfonamides is 1. The number of alkyl halides is 3. The predicted octanol–water partition coefficient (Wildman–Crippen LogP) is 1.42. The lowest BCUT2D eigenvalue weighted by Crippen LogP contribution is -2.50. The molecule has 1 aromatic carbocycles. The van der Waals surface area contributed by atoms with Crippen LogP contribution in [0, 0.1) is 6.92 Å². The first kappa shape index (κ1) is 22.7. The van der Waals surface area contributed by atoms with E-state index < -0.39 is 28.7 Å². The molecule has 0 saturated carbocycles. The summed E-state index contributed by atoms with van der Waals surface area (Å²) in [6.07, 6.45) is -4.55. The zero-order chi connectivity index (χ0) is 22.8. The second-order valence-electron chi connectivity index (χ2n) is 6.85. The SMILES string of the molecule is Cc1cc(C(=O)N2CCN(S(=O)(=O)c3ccc(C(=O)NCC(F)(F)F)cc3)CC2)on1. The first-order chi connectivity index (χ1) is 14.5. The number of amides is 2. The minimum Gasteiger partial charge on any atom is -0.351 e. The largest absolute Gasteiger partial charge is 0.405 e. The van der Waals surface area contributed by atoms with E-state index in [0.717, 1.165) is 24.3 Å². The second kappa shape index (κ2) is 8.67. The van der Waals surface area contributed by atoms with E-state index in [1.165, 1.54) is 15.3 Å². The summed E-state index contributed by atoms with van der Waals surface area (Å²) in [4.78, 5) is 25.5. The molecule has 0 aliphatic carbocycles. The third-order valence-corrected chi connectivity index (χ3v) is 6.48. The standard InChI is InChI=1S/C18H19F3N4O5S/c1-12-10-15(30-23-12)17(27)24-6-8-25(9-7-24)31(28,29)14-4-2-13(3-5-14)16(26)22-11-18(19,20)21/h2-5,10H,6-9,11H2,1H3,(H,22,26). The van der Waals surface area contributed by atoms with E-state index in [1.54, 1.807) is 12.2 Å². The Kier molecular flexibility index (Phi) is 6.36. The summed E-state index contributed by atoms with van der Waals surface area (Å²) < 4.78 is 68.4. The predicted molar refractivity (Wildman–Crippen MR) is 101 cm³/mol. The fourth-order valence-electron chi connectivity index (χ4n) is 2.96. The van der Waals surface area contributed by atoms with Crippen LogP contribution in [0.3, 0.4) is 0 Å². The van der Waals surface area contributed by atoms with Gasteiger partial charge in [0, 0.05) is 37.8 Å². The summed E-state index contributed by atoms with van der Waals surface area (Å²) in [6, 6.07) is 6.10. The topological polar surface area (TPSA) is 113 Å². The summed E-state index contributed by atoms with van der Waals surface area (Å²) in [5.41, 5.74) is 0.459. The van der Waals surface area contributed by atoms with Crippen molar-refractivity contribution in [1.29, 1.82) is 0 Å². The van der Waals surface area contributed by atoms with Gasteiger partial charge >= 0.3 is 6.18 Å². The molecule has 0 bridgehead atoms. The van der Waals surface area contributed by atoms with Crippen LogP contribution in [0.4, 0.5) is 13.2 Å². The number of nitrogens with zero attached hydrogens (tertiary/aromatic N) is 3. The van der Waals surface area contributed by atoms with E-state index in [-0.39, 0.29) is 48.3 Å². The molecule has 1 aliphatic rings. The fourth-order valence-corrected chi connectivity index (χ4v) is 4.38. The number of benzene rings is 1. The number of carbonyl (C=O) groups is 2. The molecule has 2 heterocycles. The maximum atomic E-state index is 12.8. The van der Waals surface area contributed by atoms with Crippen molar-refractivity contribution in [2.75, 3.05) is 32.7 Å². The van der Waals surface area contributed by atoms with Crippen LogP contribution in [0.15, 0.2) is 39.8 Å². The quantitative estimate of drug-likeness (QED) is 0.722. The number of hydrogen-bond donors (Lipinski definition) is 1. The smallest absolute Gasteiger partial charge is 0.351 e. The molecule has 2 aromatic rings. The molecule has 1 aliphatic heterocycles. The Bertz CT molecular complexity index is 1060. The zero-order valence-electron chi connectivity index (χ0n) is 16.3. The van der Waals surface area contributed by atoms with Gasteiger partial charge in [0.25, 0.3) is 11.8 Å². The number of nitrogens with one attached hydrogen (secondary N) is 1. The lowest BCUT2D eigenvalue weighted by molar-refractivity contribution is -0.123. The molecule has 1 fully saturated rings. The maximum absolute atomic E-state index is 12.8. The molecule has 0 unspecified atom stereocenters. The summed E-state index contributed by atoms with van der Waals surface area (Å²) in [7, 11) is -3.90. The molecule has 1 aromatic heterocycles. The number of aromatic nitrogens is 1. The van der Waals surface area contributed by atoms with Crippen molar-refractivity contribution in [3.8, 4) is 0 Å². The number of halogens is 3. The van der Waals surface area contributed by atoms with Crippen molar-refractivity contribution in [3.63, 3.8) is 0 Å². The first-order valence-electron chi connectivity index (χ1n) is 9.15. The Labute approximate surface area is 175 Å². The van der Waals surface area contributed by atoms with Gasteiger partial charge in [-0.15, -0.1) is 0 Å². The van der Waals surface area contributed by atoms with Gasteiger partial charge in [0.15, 0.2) is 0 Å². The van der Waals surface area contributed by atoms with E-state index in [9.17, 15) is 31.2 Å². The van der Waals surface area contributed by atoms with Gasteiger partial charge in [-0.25, -0.2) is 8.42 Å². The normalized spacial score (nSPS) is 15.7. The molecule has 0 spiro atoms. The van der Waals surface area contributed by atoms with E-state index >= 15 is 0 Å². The summed E-state index contributed by atoms with van der Waals surface area (Å²) in [5.74, 6) is -1.27. The Balaban J connectivity index is 1.62. The van der Waals surface area contributed by atoms with Crippen LogP contribution in [0.5, 0.6) is 0 Å². The van der Waals surface area contributed by atoms with Gasteiger partial charge in [0.1, 0.15) is 6.54 Å². The highest BCUT2D eigenvalue weighted by Crippen LogP contribution is 2.20. The lowest BCUT2D eigenvalue weighted by Gasteiger charge is -2.33. The monoisotopic (exact) mass is 460 g/mol. The fraction of sp³-hybridized carbons (Fsp3) is 0.389. The van der Waals surface area contributed by atoms with Crippen molar-refractivity contribution in [1.82, 2.24) is 19.7 Å². The zero-order valence-corrected chi connectivity index (χ0v) is 17.2. The van der Waals surface area contributed by atoms with Gasteiger partial charge in [-0.2, -0.15) is 17.5 Å². The van der Waals surface area contributed by atoms with Gasteiger partial charge in [0.05, 0.1) is 10.6 Å². The Hall–Kier alpha value is -2.93. The second-order valence-corrected chi connectivity index (χ2v) is 8.79. The summed E-state index contributed by atoms with van der Waals surface area (Å²) in [6.45, 7) is 0.591. The highest BCUT2D eigenvalue weighted by atomic mass is 32.2. The van der Waals surface area contributed by atoms with E-state index in [0.29, 0.717) is 5.69 Å². The Morgan fingerprint density at radius 2 is 1.74 bits per heavy atom. The van der Waals surface area contributed by atoms with Crippen LogP contribution in [0.1, 0.15) is 26.6 Å². The molecule has 1 saturated heterocycles. The van der Waals surface area contributed by atoms with Gasteiger partial charge in [-0.3, -0.25) is 9.59 Å². The van der Waals surface area contributed by atoms with Crippen molar-refractivity contribution in [3.05, 3.63) is 47.3 Å². The average Bonchev–Trinajstić information content (AvgIpc) is 3.17. The van der Waals surface area contributed by atoms with Crippen molar-refractivity contribution >= 4 is 21.8 Å². The van der Waals surface area contributed by atoms with Crippen molar-refractivity contribution in [2.45, 2.75) is 18.0 Å². The lowest BCUT2D eigenvalue weighted by atomic mass is 10.2. The van der Waals surface area contributed by atoms with Crippen molar-refractivity contribution < 1.29 is 35.7 Å². The number of piperazine rings is 1. The molecule has 13 heteroatoms. The van der Waals surface area contributed by atoms with Crippen LogP contribution < -0.4 is 5.32 Å². The molecule has 1 N–H and O–H groups in total. The minimum atomic E-state index is -4.55. The molecule has 31 heavy (non-hydrogen) atoms. The van der Waals surface area contributed by atoms with Gasteiger partial charge in [-0.1, -0.05) is 5.16 Å². The van der Waals surface area contributed by atoms with Gasteiger partial charge in [0.2, 0.25) is 15.8 Å². The van der Waals surface area contributed by atoms with Crippen LogP contribution in [-0.4, -0.2) is 73.5 Å². The number of hydrogen-bond acceptors (Lipinski definition) is 6. The molecule has 9 nitrogen and oxygen atoms in total.